The van der Waals surface area contributed by atoms with Crippen molar-refractivity contribution in [2.45, 2.75) is 67.2 Å². The average Bonchev–Trinajstić information content (AvgIpc) is 2.71. The minimum absolute atomic E-state index is 0.00124. The predicted octanol–water partition coefficient (Wildman–Crippen LogP) is 2.23. The molecule has 0 aliphatic heterocycles. The average molecular weight is 429 g/mol. The van der Waals surface area contributed by atoms with Crippen LogP contribution in [0.4, 0.5) is 0 Å². The smallest absolute Gasteiger partial charge is 0.224 e. The van der Waals surface area contributed by atoms with Crippen LogP contribution in [-0.2, 0) is 19.2 Å². The van der Waals surface area contributed by atoms with Crippen LogP contribution in [0.25, 0.3) is 0 Å². The lowest BCUT2D eigenvalue weighted by Crippen LogP contribution is -2.35. The maximum Gasteiger partial charge on any atom is 0.224 e. The van der Waals surface area contributed by atoms with E-state index in [1.807, 2.05) is 23.6 Å². The normalized spacial score (nSPS) is 9.87. The third-order valence-electron chi connectivity index (χ3n) is 4.85. The van der Waals surface area contributed by atoms with E-state index in [-0.39, 0.29) is 23.6 Å². The van der Waals surface area contributed by atoms with Gasteiger partial charge in [-0.05, 0) is 26.7 Å². The van der Waals surface area contributed by atoms with Crippen molar-refractivity contribution in [1.82, 2.24) is 19.6 Å². The Hall–Kier alpha value is -2.12. The molecule has 0 aromatic heterocycles. The van der Waals surface area contributed by atoms with Crippen LogP contribution < -0.4 is 0 Å². The first-order chi connectivity index (χ1) is 14.0. The summed E-state index contributed by atoms with van der Waals surface area (Å²) in [5.41, 5.74) is 0. The molecule has 0 rings (SSSR count). The topological polar surface area (TPSA) is 81.2 Å². The minimum Gasteiger partial charge on any atom is -0.345 e. The monoisotopic (exact) mass is 428 g/mol. The van der Waals surface area contributed by atoms with Crippen molar-refractivity contribution in [2.75, 3.05) is 53.4 Å². The first-order valence-electron chi connectivity index (χ1n) is 11.0. The second kappa shape index (κ2) is 17.7. The molecule has 0 saturated heterocycles. The molecule has 0 bridgehead atoms. The molecule has 30 heavy (non-hydrogen) atoms. The van der Waals surface area contributed by atoms with Gasteiger partial charge < -0.3 is 19.6 Å². The van der Waals surface area contributed by atoms with Gasteiger partial charge in [-0.3, -0.25) is 19.2 Å². The molecule has 0 aromatic carbocycles. The van der Waals surface area contributed by atoms with Crippen molar-refractivity contribution >= 4 is 23.6 Å². The van der Waals surface area contributed by atoms with E-state index in [9.17, 15) is 19.2 Å². The fraction of sp³-hybridized carbons (Fsp3) is 0.818. The zero-order valence-corrected chi connectivity index (χ0v) is 20.5. The van der Waals surface area contributed by atoms with Crippen LogP contribution >= 0.6 is 0 Å². The summed E-state index contributed by atoms with van der Waals surface area (Å²) >= 11 is 0. The maximum atomic E-state index is 11.7. The molecular weight excluding hydrogens is 384 g/mol. The first-order valence-corrected chi connectivity index (χ1v) is 11.0. The van der Waals surface area contributed by atoms with Crippen LogP contribution in [0.5, 0.6) is 0 Å². The number of carbonyl (C=O) groups is 4. The first kappa shape index (κ1) is 30.1. The lowest BCUT2D eigenvalue weighted by molar-refractivity contribution is -0.134. The molecule has 0 aromatic rings. The van der Waals surface area contributed by atoms with E-state index in [1.165, 1.54) is 13.8 Å². The Kier molecular flexibility index (Phi) is 17.8. The Bertz CT molecular complexity index is 479. The van der Waals surface area contributed by atoms with Crippen LogP contribution in [0, 0.1) is 0 Å². The minimum atomic E-state index is 0.00124. The van der Waals surface area contributed by atoms with Crippen LogP contribution in [0.1, 0.15) is 67.2 Å². The van der Waals surface area contributed by atoms with Crippen molar-refractivity contribution in [1.29, 1.82) is 0 Å². The summed E-state index contributed by atoms with van der Waals surface area (Å²) in [6.45, 7) is 15.2. The van der Waals surface area contributed by atoms with E-state index >= 15 is 0 Å². The van der Waals surface area contributed by atoms with Crippen LogP contribution in [-0.4, -0.2) is 96.6 Å². The van der Waals surface area contributed by atoms with Gasteiger partial charge >= 0.3 is 0 Å². The second-order valence-electron chi connectivity index (χ2n) is 7.33. The Morgan fingerprint density at radius 2 is 0.867 bits per heavy atom. The van der Waals surface area contributed by atoms with Crippen molar-refractivity contribution in [3.05, 3.63) is 0 Å². The van der Waals surface area contributed by atoms with Gasteiger partial charge in [0.1, 0.15) is 0 Å². The van der Waals surface area contributed by atoms with E-state index in [0.29, 0.717) is 25.9 Å². The van der Waals surface area contributed by atoms with Crippen molar-refractivity contribution in [2.24, 2.45) is 0 Å². The summed E-state index contributed by atoms with van der Waals surface area (Å²) in [6.07, 6.45) is 2.79. The molecule has 0 aliphatic carbocycles. The summed E-state index contributed by atoms with van der Waals surface area (Å²) in [5, 5.41) is 0. The number of amides is 4. The number of hydrogen-bond donors (Lipinski definition) is 0. The molecule has 0 saturated carbocycles. The predicted molar refractivity (Wildman–Crippen MR) is 121 cm³/mol. The van der Waals surface area contributed by atoms with Gasteiger partial charge in [-0.15, -0.1) is 0 Å². The maximum absolute atomic E-state index is 11.7. The summed E-state index contributed by atoms with van der Waals surface area (Å²) in [6, 6.07) is 0. The molecular formula is C22H44N4O4. The Morgan fingerprint density at radius 1 is 0.567 bits per heavy atom. The second-order valence-corrected chi connectivity index (χ2v) is 7.33. The fourth-order valence-electron chi connectivity index (χ4n) is 2.62. The lowest BCUT2D eigenvalue weighted by Gasteiger charge is -2.21. The zero-order valence-electron chi connectivity index (χ0n) is 20.5. The van der Waals surface area contributed by atoms with Gasteiger partial charge in [0.2, 0.25) is 23.6 Å². The lowest BCUT2D eigenvalue weighted by atomic mass is 10.3. The highest BCUT2D eigenvalue weighted by Crippen LogP contribution is 1.99. The molecule has 0 atom stereocenters. The summed E-state index contributed by atoms with van der Waals surface area (Å²) in [7, 11) is 3.43. The third-order valence-corrected chi connectivity index (χ3v) is 4.85. The molecule has 0 spiro atoms. The molecule has 4 amide bonds. The zero-order chi connectivity index (χ0) is 23.7. The van der Waals surface area contributed by atoms with E-state index in [0.717, 1.165) is 39.0 Å². The summed E-state index contributed by atoms with van der Waals surface area (Å²) in [5.74, 6) is 0.266. The number of nitrogens with zero attached hydrogens (tertiary/aromatic N) is 4. The van der Waals surface area contributed by atoms with Crippen molar-refractivity contribution in [3.8, 4) is 0 Å². The molecule has 0 unspecified atom stereocenters. The van der Waals surface area contributed by atoms with Gasteiger partial charge in [0.25, 0.3) is 0 Å². The van der Waals surface area contributed by atoms with Crippen LogP contribution in [0.3, 0.4) is 0 Å². The molecule has 0 radical (unpaired) electrons. The van der Waals surface area contributed by atoms with E-state index < -0.39 is 0 Å². The quantitative estimate of drug-likeness (QED) is 0.477. The molecule has 0 fully saturated rings. The largest absolute Gasteiger partial charge is 0.345 e. The molecule has 176 valence electrons. The van der Waals surface area contributed by atoms with Gasteiger partial charge in [0.05, 0.1) is 0 Å². The van der Waals surface area contributed by atoms with Gasteiger partial charge in [0, 0.05) is 80.1 Å². The number of hydrogen-bond acceptors (Lipinski definition) is 4. The van der Waals surface area contributed by atoms with Crippen molar-refractivity contribution in [3.63, 3.8) is 0 Å². The Morgan fingerprint density at radius 3 is 1.07 bits per heavy atom. The van der Waals surface area contributed by atoms with Crippen LogP contribution in [0.15, 0.2) is 0 Å². The fourth-order valence-corrected chi connectivity index (χ4v) is 2.62. The molecule has 0 aliphatic rings. The highest BCUT2D eigenvalue weighted by molar-refractivity contribution is 5.78. The summed E-state index contributed by atoms with van der Waals surface area (Å²) < 4.78 is 0. The Labute approximate surface area is 183 Å². The summed E-state index contributed by atoms with van der Waals surface area (Å²) in [4.78, 5) is 52.0. The molecule has 0 heterocycles. The van der Waals surface area contributed by atoms with E-state index in [1.54, 1.807) is 23.9 Å². The number of rotatable bonds is 12. The van der Waals surface area contributed by atoms with Crippen molar-refractivity contribution < 1.29 is 19.2 Å². The molecule has 0 N–H and O–H groups in total. The Balaban J connectivity index is 0. The van der Waals surface area contributed by atoms with Gasteiger partial charge in [-0.1, -0.05) is 13.8 Å². The van der Waals surface area contributed by atoms with Gasteiger partial charge in [-0.25, -0.2) is 0 Å². The third kappa shape index (κ3) is 14.0. The highest BCUT2D eigenvalue weighted by Gasteiger charge is 2.13. The van der Waals surface area contributed by atoms with E-state index in [2.05, 4.69) is 13.8 Å². The van der Waals surface area contributed by atoms with Gasteiger partial charge in [0.15, 0.2) is 0 Å². The van der Waals surface area contributed by atoms with Gasteiger partial charge in [-0.2, -0.15) is 0 Å². The molecule has 8 heteroatoms. The van der Waals surface area contributed by atoms with E-state index in [4.69, 9.17) is 0 Å². The number of carbonyl (C=O) groups excluding carboxylic acids is 4. The highest BCUT2D eigenvalue weighted by atomic mass is 16.2. The molecule has 8 nitrogen and oxygen atoms in total. The standard InChI is InChI=1S/2C11H22N2O2/c2*1-5-8-13(6-2)11(15)7-9-12(4)10(3)14/h2*5-9H2,1-4H3. The van der Waals surface area contributed by atoms with Crippen LogP contribution in [0.2, 0.25) is 0 Å². The SMILES string of the molecule is CCCN(CC)C(=O)CCN(C)C(C)=O.CCCN(CC)C(=O)CCN(C)C(C)=O.